The van der Waals surface area contributed by atoms with Crippen molar-refractivity contribution in [2.45, 2.75) is 34.1 Å². The van der Waals surface area contributed by atoms with Crippen LogP contribution in [0.1, 0.15) is 40.4 Å². The van der Waals surface area contributed by atoms with E-state index in [1.54, 1.807) is 0 Å². The van der Waals surface area contributed by atoms with Crippen LogP contribution in [-0.2, 0) is 0 Å². The highest BCUT2D eigenvalue weighted by Gasteiger charge is 2.14. The lowest BCUT2D eigenvalue weighted by atomic mass is 9.98. The zero-order valence-electron chi connectivity index (χ0n) is 14.5. The molecule has 0 amide bonds. The van der Waals surface area contributed by atoms with E-state index in [2.05, 4.69) is 50.7 Å². The molecule has 0 saturated heterocycles. The molecular weight excluding hydrogens is 260 g/mol. The first-order valence-electron chi connectivity index (χ1n) is 7.83. The summed E-state index contributed by atoms with van der Waals surface area (Å²) in [5, 5.41) is 0. The van der Waals surface area contributed by atoms with Gasteiger partial charge in [0, 0.05) is 5.56 Å². The van der Waals surface area contributed by atoms with Gasteiger partial charge in [0.1, 0.15) is 0 Å². The molecule has 0 aliphatic carbocycles. The third-order valence-corrected chi connectivity index (χ3v) is 4.04. The smallest absolute Gasteiger partial charge is 0.177 e. The van der Waals surface area contributed by atoms with Gasteiger partial charge in [0.25, 0.3) is 0 Å². The Hall–Kier alpha value is -1.19. The quantitative estimate of drug-likeness (QED) is 0.688. The van der Waals surface area contributed by atoms with Crippen molar-refractivity contribution < 1.29 is 4.79 Å². The zero-order valence-corrected chi connectivity index (χ0v) is 14.5. The van der Waals surface area contributed by atoms with Gasteiger partial charge in [-0.25, -0.2) is 0 Å². The molecule has 1 rings (SSSR count). The molecule has 0 fully saturated rings. The molecule has 0 spiro atoms. The third-order valence-electron chi connectivity index (χ3n) is 4.04. The first kappa shape index (κ1) is 17.9. The molecule has 1 aromatic carbocycles. The van der Waals surface area contributed by atoms with Crippen molar-refractivity contribution in [2.24, 2.45) is 0 Å². The highest BCUT2D eigenvalue weighted by molar-refractivity contribution is 5.99. The molecule has 0 aliphatic heterocycles. The van der Waals surface area contributed by atoms with Crippen LogP contribution in [0, 0.1) is 20.8 Å². The molecule has 0 aliphatic rings. The molecule has 0 aromatic heterocycles. The lowest BCUT2D eigenvalue weighted by molar-refractivity contribution is 0.0931. The van der Waals surface area contributed by atoms with Gasteiger partial charge in [0.2, 0.25) is 0 Å². The second-order valence-electron chi connectivity index (χ2n) is 6.20. The Morgan fingerprint density at radius 1 is 1.00 bits per heavy atom. The molecule has 0 atom stereocenters. The summed E-state index contributed by atoms with van der Waals surface area (Å²) in [6.45, 7) is 11.8. The highest BCUT2D eigenvalue weighted by atomic mass is 16.1. The lowest BCUT2D eigenvalue weighted by Gasteiger charge is -2.21. The van der Waals surface area contributed by atoms with Gasteiger partial charge in [-0.3, -0.25) is 9.69 Å². The molecular formula is C18H30N2O. The van der Waals surface area contributed by atoms with Crippen LogP contribution in [0.2, 0.25) is 0 Å². The fourth-order valence-electron chi connectivity index (χ4n) is 2.51. The average Bonchev–Trinajstić information content (AvgIpc) is 2.41. The summed E-state index contributed by atoms with van der Waals surface area (Å²) >= 11 is 0. The Labute approximate surface area is 129 Å². The van der Waals surface area contributed by atoms with Gasteiger partial charge in [-0.15, -0.1) is 0 Å². The number of hydrogen-bond donors (Lipinski definition) is 0. The molecule has 0 heterocycles. The summed E-state index contributed by atoms with van der Waals surface area (Å²) in [7, 11) is 4.17. The number of ketones is 1. The average molecular weight is 290 g/mol. The summed E-state index contributed by atoms with van der Waals surface area (Å²) in [6.07, 6.45) is 1.10. The first-order valence-corrected chi connectivity index (χ1v) is 7.83. The van der Waals surface area contributed by atoms with Gasteiger partial charge in [-0.2, -0.15) is 0 Å². The molecule has 0 saturated carbocycles. The van der Waals surface area contributed by atoms with Crippen LogP contribution in [-0.4, -0.2) is 55.9 Å². The number of carbonyl (C=O) groups excluding carboxylic acids is 1. The van der Waals surface area contributed by atoms with Gasteiger partial charge < -0.3 is 4.90 Å². The largest absolute Gasteiger partial charge is 0.309 e. The van der Waals surface area contributed by atoms with E-state index < -0.39 is 0 Å². The maximum atomic E-state index is 12.5. The van der Waals surface area contributed by atoms with Crippen LogP contribution in [0.15, 0.2) is 12.1 Å². The number of hydrogen-bond acceptors (Lipinski definition) is 3. The lowest BCUT2D eigenvalue weighted by Crippen LogP contribution is -2.32. The highest BCUT2D eigenvalue weighted by Crippen LogP contribution is 2.16. The fourth-order valence-corrected chi connectivity index (χ4v) is 2.51. The van der Waals surface area contributed by atoms with E-state index in [0.717, 1.165) is 37.2 Å². The molecule has 21 heavy (non-hydrogen) atoms. The standard InChI is InChI=1S/C18H30N2O/c1-7-20(10-8-9-19(5)6)13-18(21)17-12-15(3)14(2)11-16(17)4/h11-12H,7-10,13H2,1-6H3. The predicted molar refractivity (Wildman–Crippen MR) is 90.3 cm³/mol. The van der Waals surface area contributed by atoms with Gasteiger partial charge in [0.15, 0.2) is 5.78 Å². The minimum atomic E-state index is 0.238. The number of benzene rings is 1. The fraction of sp³-hybridized carbons (Fsp3) is 0.611. The summed E-state index contributed by atoms with van der Waals surface area (Å²) < 4.78 is 0. The molecule has 0 unspecified atom stereocenters. The van der Waals surface area contributed by atoms with Crippen molar-refractivity contribution >= 4 is 5.78 Å². The Morgan fingerprint density at radius 2 is 1.62 bits per heavy atom. The Bertz CT molecular complexity index is 480. The second kappa shape index (κ2) is 8.30. The molecule has 3 nitrogen and oxygen atoms in total. The summed E-state index contributed by atoms with van der Waals surface area (Å²) in [4.78, 5) is 17.0. The third kappa shape index (κ3) is 5.60. The van der Waals surface area contributed by atoms with E-state index >= 15 is 0 Å². The normalized spacial score (nSPS) is 11.4. The van der Waals surface area contributed by atoms with Crippen LogP contribution >= 0.6 is 0 Å². The minimum absolute atomic E-state index is 0.238. The molecule has 1 aromatic rings. The SMILES string of the molecule is CCN(CCCN(C)C)CC(=O)c1cc(C)c(C)cc1C. The topological polar surface area (TPSA) is 23.6 Å². The number of likely N-dealkylation sites (N-methyl/N-ethyl adjacent to an activating group) is 1. The molecule has 0 N–H and O–H groups in total. The number of carbonyl (C=O) groups is 1. The van der Waals surface area contributed by atoms with Crippen LogP contribution in [0.4, 0.5) is 0 Å². The van der Waals surface area contributed by atoms with Crippen molar-refractivity contribution in [1.82, 2.24) is 9.80 Å². The van der Waals surface area contributed by atoms with Crippen molar-refractivity contribution in [2.75, 3.05) is 40.3 Å². The van der Waals surface area contributed by atoms with Crippen LogP contribution in [0.5, 0.6) is 0 Å². The second-order valence-corrected chi connectivity index (χ2v) is 6.20. The maximum Gasteiger partial charge on any atom is 0.177 e. The van der Waals surface area contributed by atoms with Crippen LogP contribution in [0.3, 0.4) is 0 Å². The summed E-state index contributed by atoms with van der Waals surface area (Å²) in [5.74, 6) is 0.238. The van der Waals surface area contributed by atoms with Crippen molar-refractivity contribution in [3.8, 4) is 0 Å². The van der Waals surface area contributed by atoms with E-state index in [1.807, 2.05) is 13.0 Å². The van der Waals surface area contributed by atoms with Crippen molar-refractivity contribution in [3.05, 3.63) is 34.4 Å². The zero-order chi connectivity index (χ0) is 16.0. The number of aryl methyl sites for hydroxylation is 3. The Kier molecular flexibility index (Phi) is 7.06. The number of rotatable bonds is 8. The summed E-state index contributed by atoms with van der Waals surface area (Å²) in [6, 6.07) is 4.16. The van der Waals surface area contributed by atoms with Crippen molar-refractivity contribution in [3.63, 3.8) is 0 Å². The minimum Gasteiger partial charge on any atom is -0.309 e. The molecule has 0 bridgehead atoms. The van der Waals surface area contributed by atoms with Crippen LogP contribution in [0.25, 0.3) is 0 Å². The van der Waals surface area contributed by atoms with E-state index in [1.165, 1.54) is 11.1 Å². The molecule has 0 radical (unpaired) electrons. The predicted octanol–water partition coefficient (Wildman–Crippen LogP) is 3.07. The van der Waals surface area contributed by atoms with E-state index in [-0.39, 0.29) is 5.78 Å². The van der Waals surface area contributed by atoms with Gasteiger partial charge >= 0.3 is 0 Å². The van der Waals surface area contributed by atoms with Crippen molar-refractivity contribution in [1.29, 1.82) is 0 Å². The van der Waals surface area contributed by atoms with Gasteiger partial charge in [0.05, 0.1) is 6.54 Å². The molecule has 3 heteroatoms. The number of nitrogens with zero attached hydrogens (tertiary/aromatic N) is 2. The van der Waals surface area contributed by atoms with E-state index in [4.69, 9.17) is 0 Å². The van der Waals surface area contributed by atoms with E-state index in [9.17, 15) is 4.79 Å². The summed E-state index contributed by atoms with van der Waals surface area (Å²) in [5.41, 5.74) is 4.42. The number of Topliss-reactive ketones (excluding diaryl/α,β-unsaturated/α-hetero) is 1. The maximum absolute atomic E-state index is 12.5. The van der Waals surface area contributed by atoms with Gasteiger partial charge in [-0.05, 0) is 83.7 Å². The first-order chi connectivity index (χ1) is 9.85. The Morgan fingerprint density at radius 3 is 2.19 bits per heavy atom. The van der Waals surface area contributed by atoms with Crippen LogP contribution < -0.4 is 0 Å². The monoisotopic (exact) mass is 290 g/mol. The van der Waals surface area contributed by atoms with E-state index in [0.29, 0.717) is 6.54 Å². The van der Waals surface area contributed by atoms with Gasteiger partial charge in [-0.1, -0.05) is 13.0 Å². The molecule has 118 valence electrons. The Balaban J connectivity index is 2.68.